The lowest BCUT2D eigenvalue weighted by atomic mass is 10.2. The number of halogens is 1. The maximum absolute atomic E-state index is 13.2. The van der Waals surface area contributed by atoms with Crippen molar-refractivity contribution in [3.8, 4) is 6.01 Å². The van der Waals surface area contributed by atoms with Gasteiger partial charge in [0.25, 0.3) is 0 Å². The predicted octanol–water partition coefficient (Wildman–Crippen LogP) is 1.78. The minimum Gasteiger partial charge on any atom is -0.458 e. The number of benzene rings is 1. The number of rotatable bonds is 3. The zero-order chi connectivity index (χ0) is 11.4. The van der Waals surface area contributed by atoms with E-state index in [4.69, 9.17) is 10.5 Å². The van der Waals surface area contributed by atoms with Crippen LogP contribution in [0, 0.1) is 5.82 Å². The lowest BCUT2D eigenvalue weighted by Gasteiger charge is -2.04. The first-order valence-corrected chi connectivity index (χ1v) is 4.69. The molecule has 0 aliphatic rings. The minimum atomic E-state index is -0.307. The number of nitrogens with zero attached hydrogens (tertiary/aromatic N) is 2. The maximum atomic E-state index is 13.2. The lowest BCUT2D eigenvalue weighted by Crippen LogP contribution is -2.01. The predicted molar refractivity (Wildman–Crippen MR) is 57.2 cm³/mol. The molecular formula is C11H10FN3O. The van der Waals surface area contributed by atoms with Crippen LogP contribution in [0.15, 0.2) is 36.7 Å². The van der Waals surface area contributed by atoms with Crippen molar-refractivity contribution in [3.05, 3.63) is 48.0 Å². The average Bonchev–Trinajstić information content (AvgIpc) is 2.30. The Balaban J connectivity index is 2.02. The molecule has 0 bridgehead atoms. The normalized spacial score (nSPS) is 10.1. The van der Waals surface area contributed by atoms with E-state index >= 15 is 0 Å². The summed E-state index contributed by atoms with van der Waals surface area (Å²) in [5.74, 6) is -0.307. The Morgan fingerprint density at radius 2 is 1.88 bits per heavy atom. The van der Waals surface area contributed by atoms with Gasteiger partial charge in [0, 0.05) is 5.56 Å². The number of ether oxygens (including phenoxy) is 1. The molecule has 1 aromatic heterocycles. The number of nitrogen functional groups attached to an aromatic ring is 1. The minimum absolute atomic E-state index is 0.0938. The molecule has 0 aliphatic heterocycles. The van der Waals surface area contributed by atoms with Crippen molar-refractivity contribution in [2.24, 2.45) is 0 Å². The summed E-state index contributed by atoms with van der Waals surface area (Å²) in [4.78, 5) is 7.68. The van der Waals surface area contributed by atoms with Crippen LogP contribution in [0.1, 0.15) is 5.56 Å². The van der Waals surface area contributed by atoms with Crippen LogP contribution in [0.25, 0.3) is 0 Å². The van der Waals surface area contributed by atoms with E-state index in [0.29, 0.717) is 11.3 Å². The van der Waals surface area contributed by atoms with Gasteiger partial charge in [-0.3, -0.25) is 0 Å². The van der Waals surface area contributed by atoms with Gasteiger partial charge in [0.05, 0.1) is 18.1 Å². The zero-order valence-corrected chi connectivity index (χ0v) is 8.43. The van der Waals surface area contributed by atoms with Crippen molar-refractivity contribution >= 4 is 5.69 Å². The summed E-state index contributed by atoms with van der Waals surface area (Å²) < 4.78 is 18.4. The zero-order valence-electron chi connectivity index (χ0n) is 8.43. The first-order valence-electron chi connectivity index (χ1n) is 4.69. The molecule has 2 aromatic rings. The molecule has 0 saturated carbocycles. The summed E-state index contributed by atoms with van der Waals surface area (Å²) in [6.07, 6.45) is 2.87. The van der Waals surface area contributed by atoms with E-state index in [2.05, 4.69) is 9.97 Å². The highest BCUT2D eigenvalue weighted by Crippen LogP contribution is 2.10. The molecule has 0 fully saturated rings. The van der Waals surface area contributed by atoms with E-state index in [1.165, 1.54) is 18.5 Å². The molecule has 0 saturated heterocycles. The number of hydrogen-bond acceptors (Lipinski definition) is 4. The highest BCUT2D eigenvalue weighted by atomic mass is 19.1. The van der Waals surface area contributed by atoms with Crippen molar-refractivity contribution in [1.29, 1.82) is 0 Å². The van der Waals surface area contributed by atoms with E-state index < -0.39 is 0 Å². The molecule has 1 aromatic carbocycles. The van der Waals surface area contributed by atoms with E-state index in [0.717, 1.165) is 0 Å². The van der Waals surface area contributed by atoms with E-state index in [1.807, 2.05) is 0 Å². The van der Waals surface area contributed by atoms with Crippen LogP contribution in [0.5, 0.6) is 6.01 Å². The summed E-state index contributed by atoms with van der Waals surface area (Å²) >= 11 is 0. The standard InChI is InChI=1S/C11H10FN3O/c12-10-4-2-1-3-8(10)7-16-11-14-5-9(13)6-15-11/h1-6H,7,13H2. The SMILES string of the molecule is Nc1cnc(OCc2ccccc2F)nc1. The van der Waals surface area contributed by atoms with Gasteiger partial charge < -0.3 is 10.5 Å². The Morgan fingerprint density at radius 1 is 1.19 bits per heavy atom. The van der Waals surface area contributed by atoms with Gasteiger partial charge in [-0.1, -0.05) is 18.2 Å². The quantitative estimate of drug-likeness (QED) is 0.854. The molecule has 5 heteroatoms. The Labute approximate surface area is 91.9 Å². The molecule has 0 radical (unpaired) electrons. The van der Waals surface area contributed by atoms with Gasteiger partial charge >= 0.3 is 6.01 Å². The van der Waals surface area contributed by atoms with Crippen molar-refractivity contribution < 1.29 is 9.13 Å². The van der Waals surface area contributed by atoms with E-state index in [9.17, 15) is 4.39 Å². The van der Waals surface area contributed by atoms with Gasteiger partial charge in [-0.05, 0) is 6.07 Å². The first kappa shape index (κ1) is 10.4. The van der Waals surface area contributed by atoms with Crippen molar-refractivity contribution in [2.45, 2.75) is 6.61 Å². The van der Waals surface area contributed by atoms with Gasteiger partial charge in [0.15, 0.2) is 0 Å². The molecule has 16 heavy (non-hydrogen) atoms. The molecule has 4 nitrogen and oxygen atoms in total. The third kappa shape index (κ3) is 2.44. The average molecular weight is 219 g/mol. The highest BCUT2D eigenvalue weighted by Gasteiger charge is 2.02. The fourth-order valence-electron chi connectivity index (χ4n) is 1.16. The topological polar surface area (TPSA) is 61.0 Å². The number of hydrogen-bond donors (Lipinski definition) is 1. The second-order valence-electron chi connectivity index (χ2n) is 3.18. The van der Waals surface area contributed by atoms with Crippen LogP contribution in [0.2, 0.25) is 0 Å². The van der Waals surface area contributed by atoms with Gasteiger partial charge in [0.2, 0.25) is 0 Å². The van der Waals surface area contributed by atoms with Crippen LogP contribution >= 0.6 is 0 Å². The van der Waals surface area contributed by atoms with E-state index in [-0.39, 0.29) is 18.4 Å². The van der Waals surface area contributed by atoms with E-state index in [1.54, 1.807) is 18.2 Å². The molecule has 0 spiro atoms. The van der Waals surface area contributed by atoms with Crippen molar-refractivity contribution in [2.75, 3.05) is 5.73 Å². The first-order chi connectivity index (χ1) is 7.75. The second kappa shape index (κ2) is 4.57. The fraction of sp³-hybridized carbons (Fsp3) is 0.0909. The molecular weight excluding hydrogens is 209 g/mol. The molecule has 0 unspecified atom stereocenters. The fourth-order valence-corrected chi connectivity index (χ4v) is 1.16. The molecule has 82 valence electrons. The Morgan fingerprint density at radius 3 is 2.56 bits per heavy atom. The van der Waals surface area contributed by atoms with Crippen LogP contribution in [0.4, 0.5) is 10.1 Å². The second-order valence-corrected chi connectivity index (χ2v) is 3.18. The number of nitrogens with two attached hydrogens (primary N) is 1. The summed E-state index contributed by atoms with van der Waals surface area (Å²) in [5, 5.41) is 0. The van der Waals surface area contributed by atoms with Crippen LogP contribution in [0.3, 0.4) is 0 Å². The monoisotopic (exact) mass is 219 g/mol. The molecule has 0 amide bonds. The molecule has 2 rings (SSSR count). The smallest absolute Gasteiger partial charge is 0.316 e. The molecule has 0 atom stereocenters. The summed E-state index contributed by atoms with van der Waals surface area (Å²) in [6, 6.07) is 6.57. The van der Waals surface area contributed by atoms with Gasteiger partial charge in [-0.25, -0.2) is 14.4 Å². The molecule has 0 aliphatic carbocycles. The van der Waals surface area contributed by atoms with Crippen LogP contribution in [-0.4, -0.2) is 9.97 Å². The number of anilines is 1. The van der Waals surface area contributed by atoms with Gasteiger partial charge in [-0.2, -0.15) is 0 Å². The largest absolute Gasteiger partial charge is 0.458 e. The number of aromatic nitrogens is 2. The molecule has 2 N–H and O–H groups in total. The Hall–Kier alpha value is -2.17. The summed E-state index contributed by atoms with van der Waals surface area (Å²) in [5.41, 5.74) is 6.34. The lowest BCUT2D eigenvalue weighted by molar-refractivity contribution is 0.275. The highest BCUT2D eigenvalue weighted by molar-refractivity contribution is 5.30. The third-order valence-corrected chi connectivity index (χ3v) is 1.96. The third-order valence-electron chi connectivity index (χ3n) is 1.96. The summed E-state index contributed by atoms with van der Waals surface area (Å²) in [6.45, 7) is 0.0938. The maximum Gasteiger partial charge on any atom is 0.316 e. The Bertz CT molecular complexity index is 473. The van der Waals surface area contributed by atoms with Crippen LogP contribution in [-0.2, 0) is 6.61 Å². The van der Waals surface area contributed by atoms with Gasteiger partial charge in [-0.15, -0.1) is 0 Å². The van der Waals surface area contributed by atoms with Crippen LogP contribution < -0.4 is 10.5 Å². The van der Waals surface area contributed by atoms with Gasteiger partial charge in [0.1, 0.15) is 12.4 Å². The summed E-state index contributed by atoms with van der Waals surface area (Å²) in [7, 11) is 0. The Kier molecular flexibility index (Phi) is 2.95. The van der Waals surface area contributed by atoms with Crippen molar-refractivity contribution in [3.63, 3.8) is 0 Å². The van der Waals surface area contributed by atoms with Crippen molar-refractivity contribution in [1.82, 2.24) is 9.97 Å². The molecule has 1 heterocycles.